The highest BCUT2D eigenvalue weighted by Gasteiger charge is 2.27. The quantitative estimate of drug-likeness (QED) is 0.650. The normalized spacial score (nSPS) is 15.3. The third-order valence-corrected chi connectivity index (χ3v) is 5.55. The average molecular weight is 386 g/mol. The van der Waals surface area contributed by atoms with E-state index in [0.717, 1.165) is 53.5 Å². The summed E-state index contributed by atoms with van der Waals surface area (Å²) in [6.45, 7) is 5.70. The van der Waals surface area contributed by atoms with Crippen molar-refractivity contribution in [2.75, 3.05) is 29.9 Å². The molecule has 0 spiro atoms. The van der Waals surface area contributed by atoms with Crippen molar-refractivity contribution in [3.8, 4) is 0 Å². The molecule has 0 radical (unpaired) electrons. The zero-order chi connectivity index (χ0) is 18.8. The van der Waals surface area contributed by atoms with Crippen LogP contribution in [0.3, 0.4) is 0 Å². The van der Waals surface area contributed by atoms with Gasteiger partial charge in [-0.15, -0.1) is 11.3 Å². The average Bonchev–Trinajstić information content (AvgIpc) is 3.31. The van der Waals surface area contributed by atoms with Crippen LogP contribution in [0.25, 0.3) is 10.2 Å². The summed E-state index contributed by atoms with van der Waals surface area (Å²) in [6.07, 6.45) is 1.51. The zero-order valence-electron chi connectivity index (χ0n) is 15.4. The van der Waals surface area contributed by atoms with Gasteiger partial charge >= 0.3 is 5.97 Å². The summed E-state index contributed by atoms with van der Waals surface area (Å²) in [5.74, 6) is 2.04. The van der Waals surface area contributed by atoms with E-state index in [4.69, 9.17) is 14.7 Å². The molecule has 1 saturated heterocycles. The van der Waals surface area contributed by atoms with E-state index in [-0.39, 0.29) is 11.9 Å². The Bertz CT molecular complexity index is 944. The minimum absolute atomic E-state index is 0.0318. The van der Waals surface area contributed by atoms with Crippen molar-refractivity contribution in [2.45, 2.75) is 26.7 Å². The number of carbonyl (C=O) groups excluding carboxylic acids is 1. The number of esters is 1. The fourth-order valence-electron chi connectivity index (χ4n) is 3.26. The van der Waals surface area contributed by atoms with Gasteiger partial charge in [-0.3, -0.25) is 9.89 Å². The van der Waals surface area contributed by atoms with Crippen molar-refractivity contribution in [1.29, 1.82) is 0 Å². The first-order valence-corrected chi connectivity index (χ1v) is 9.98. The van der Waals surface area contributed by atoms with Gasteiger partial charge < -0.3 is 15.0 Å². The van der Waals surface area contributed by atoms with E-state index in [2.05, 4.69) is 20.4 Å². The number of rotatable bonds is 5. The fourth-order valence-corrected chi connectivity index (χ4v) is 4.03. The lowest BCUT2D eigenvalue weighted by atomic mass is 9.97. The van der Waals surface area contributed by atoms with E-state index in [1.165, 1.54) is 0 Å². The van der Waals surface area contributed by atoms with Crippen LogP contribution in [0.15, 0.2) is 17.5 Å². The molecule has 1 aliphatic heterocycles. The standard InChI is InChI=1S/C18H22N6O2S/c1-3-26-17(25)12-4-7-24(8-5-12)18-19-13-6-9-27-15(13)16(21-18)20-14-10-11(2)22-23-14/h6,9-10,12H,3-5,7-8H2,1-2H3,(H2,19,20,21,22,23). The second-order valence-electron chi connectivity index (χ2n) is 6.58. The molecule has 3 aromatic heterocycles. The summed E-state index contributed by atoms with van der Waals surface area (Å²) in [5.41, 5.74) is 1.89. The van der Waals surface area contributed by atoms with Gasteiger partial charge in [0.1, 0.15) is 0 Å². The van der Waals surface area contributed by atoms with Gasteiger partial charge in [0.25, 0.3) is 0 Å². The summed E-state index contributed by atoms with van der Waals surface area (Å²) in [6, 6.07) is 3.93. The molecular formula is C18H22N6O2S. The van der Waals surface area contributed by atoms with E-state index in [0.29, 0.717) is 12.6 Å². The van der Waals surface area contributed by atoms with Gasteiger partial charge in [-0.25, -0.2) is 4.98 Å². The molecule has 0 aromatic carbocycles. The third-order valence-electron chi connectivity index (χ3n) is 4.64. The van der Waals surface area contributed by atoms with Crippen LogP contribution in [0, 0.1) is 12.8 Å². The highest BCUT2D eigenvalue weighted by molar-refractivity contribution is 7.17. The van der Waals surface area contributed by atoms with Crippen LogP contribution >= 0.6 is 11.3 Å². The minimum Gasteiger partial charge on any atom is -0.466 e. The SMILES string of the molecule is CCOC(=O)C1CCN(c2nc(Nc3cc(C)[nH]n3)c3sccc3n2)CC1. The van der Waals surface area contributed by atoms with Crippen molar-refractivity contribution in [3.63, 3.8) is 0 Å². The molecule has 0 amide bonds. The van der Waals surface area contributed by atoms with Gasteiger partial charge in [-0.2, -0.15) is 10.1 Å². The van der Waals surface area contributed by atoms with Gasteiger partial charge in [0.15, 0.2) is 11.6 Å². The van der Waals surface area contributed by atoms with Gasteiger partial charge in [-0.1, -0.05) is 0 Å². The molecule has 0 unspecified atom stereocenters. The second kappa shape index (κ2) is 7.51. The molecule has 0 bridgehead atoms. The number of hydrogen-bond donors (Lipinski definition) is 2. The van der Waals surface area contributed by atoms with Crippen molar-refractivity contribution in [1.82, 2.24) is 20.2 Å². The van der Waals surface area contributed by atoms with E-state index in [9.17, 15) is 4.79 Å². The molecule has 1 fully saturated rings. The Hall–Kier alpha value is -2.68. The molecule has 142 valence electrons. The van der Waals surface area contributed by atoms with E-state index < -0.39 is 0 Å². The first-order valence-electron chi connectivity index (χ1n) is 9.10. The maximum absolute atomic E-state index is 12.0. The number of nitrogens with zero attached hydrogens (tertiary/aromatic N) is 4. The molecule has 0 saturated carbocycles. The first kappa shape index (κ1) is 17.7. The largest absolute Gasteiger partial charge is 0.466 e. The molecule has 4 rings (SSSR count). The molecule has 1 aliphatic rings. The van der Waals surface area contributed by atoms with E-state index in [1.807, 2.05) is 31.4 Å². The van der Waals surface area contributed by atoms with E-state index in [1.54, 1.807) is 11.3 Å². The third kappa shape index (κ3) is 3.73. The van der Waals surface area contributed by atoms with Crippen LogP contribution in [0.4, 0.5) is 17.6 Å². The Morgan fingerprint density at radius 2 is 2.22 bits per heavy atom. The lowest BCUT2D eigenvalue weighted by molar-refractivity contribution is -0.148. The molecule has 27 heavy (non-hydrogen) atoms. The molecule has 2 N–H and O–H groups in total. The Morgan fingerprint density at radius 3 is 2.93 bits per heavy atom. The summed E-state index contributed by atoms with van der Waals surface area (Å²) in [5, 5.41) is 12.5. The second-order valence-corrected chi connectivity index (χ2v) is 7.50. The van der Waals surface area contributed by atoms with Crippen LogP contribution in [0.5, 0.6) is 0 Å². The number of H-pyrrole nitrogens is 1. The number of thiophene rings is 1. The molecule has 0 aliphatic carbocycles. The summed E-state index contributed by atoms with van der Waals surface area (Å²) in [7, 11) is 0. The van der Waals surface area contributed by atoms with Crippen molar-refractivity contribution in [3.05, 3.63) is 23.2 Å². The van der Waals surface area contributed by atoms with Gasteiger partial charge in [0.2, 0.25) is 5.95 Å². The predicted molar refractivity (Wildman–Crippen MR) is 106 cm³/mol. The predicted octanol–water partition coefficient (Wildman–Crippen LogP) is 3.25. The van der Waals surface area contributed by atoms with Crippen LogP contribution in [-0.2, 0) is 9.53 Å². The number of ether oxygens (including phenoxy) is 1. The molecular weight excluding hydrogens is 364 g/mol. The number of carbonyl (C=O) groups is 1. The van der Waals surface area contributed by atoms with Gasteiger partial charge in [-0.05, 0) is 38.1 Å². The molecule has 4 heterocycles. The van der Waals surface area contributed by atoms with Crippen LogP contribution < -0.4 is 10.2 Å². The topological polar surface area (TPSA) is 96.0 Å². The number of fused-ring (bicyclic) bond motifs is 1. The molecule has 8 nitrogen and oxygen atoms in total. The van der Waals surface area contributed by atoms with E-state index >= 15 is 0 Å². The minimum atomic E-state index is -0.0948. The number of aryl methyl sites for hydroxylation is 1. The Labute approximate surface area is 161 Å². The Kier molecular flexibility index (Phi) is 4.93. The number of aromatic nitrogens is 4. The highest BCUT2D eigenvalue weighted by Crippen LogP contribution is 2.31. The van der Waals surface area contributed by atoms with Crippen molar-refractivity contribution in [2.24, 2.45) is 5.92 Å². The van der Waals surface area contributed by atoms with Gasteiger partial charge in [0.05, 0.1) is 22.7 Å². The van der Waals surface area contributed by atoms with Gasteiger partial charge in [0, 0.05) is 24.8 Å². The fraction of sp³-hybridized carbons (Fsp3) is 0.444. The lowest BCUT2D eigenvalue weighted by Crippen LogP contribution is -2.38. The van der Waals surface area contributed by atoms with Crippen molar-refractivity contribution < 1.29 is 9.53 Å². The van der Waals surface area contributed by atoms with Crippen LogP contribution in [-0.4, -0.2) is 45.8 Å². The smallest absolute Gasteiger partial charge is 0.309 e. The zero-order valence-corrected chi connectivity index (χ0v) is 16.2. The highest BCUT2D eigenvalue weighted by atomic mass is 32.1. The number of anilines is 3. The Morgan fingerprint density at radius 1 is 1.41 bits per heavy atom. The molecule has 9 heteroatoms. The number of aromatic amines is 1. The Balaban J connectivity index is 1.55. The first-order chi connectivity index (χ1) is 13.1. The number of hydrogen-bond acceptors (Lipinski definition) is 8. The van der Waals surface area contributed by atoms with Crippen LogP contribution in [0.2, 0.25) is 0 Å². The monoisotopic (exact) mass is 386 g/mol. The maximum atomic E-state index is 12.0. The lowest BCUT2D eigenvalue weighted by Gasteiger charge is -2.31. The number of piperidine rings is 1. The maximum Gasteiger partial charge on any atom is 0.309 e. The molecule has 0 atom stereocenters. The van der Waals surface area contributed by atoms with Crippen LogP contribution in [0.1, 0.15) is 25.5 Å². The summed E-state index contributed by atoms with van der Waals surface area (Å²) < 4.78 is 6.15. The summed E-state index contributed by atoms with van der Waals surface area (Å²) in [4.78, 5) is 23.5. The summed E-state index contributed by atoms with van der Waals surface area (Å²) >= 11 is 1.60. The number of nitrogens with one attached hydrogen (secondary N) is 2. The molecule has 3 aromatic rings. The van der Waals surface area contributed by atoms with Crippen molar-refractivity contribution >= 4 is 45.1 Å².